The van der Waals surface area contributed by atoms with Crippen molar-refractivity contribution in [3.05, 3.63) is 71.5 Å². The Morgan fingerprint density at radius 3 is 2.36 bits per heavy atom. The number of hydrogen-bond acceptors (Lipinski definition) is 7. The van der Waals surface area contributed by atoms with E-state index in [9.17, 15) is 33.0 Å². The van der Waals surface area contributed by atoms with E-state index in [2.05, 4.69) is 15.1 Å². The Hall–Kier alpha value is -3.90. The summed E-state index contributed by atoms with van der Waals surface area (Å²) in [5.41, 5.74) is 3.00. The highest BCUT2D eigenvalue weighted by molar-refractivity contribution is 5.91. The summed E-state index contributed by atoms with van der Waals surface area (Å²) < 4.78 is 43.5. The van der Waals surface area contributed by atoms with Gasteiger partial charge in [-0.3, -0.25) is 10.2 Å². The van der Waals surface area contributed by atoms with Gasteiger partial charge in [-0.05, 0) is 34.0 Å². The molecule has 2 aromatic carbocycles. The van der Waals surface area contributed by atoms with Crippen molar-refractivity contribution in [1.29, 1.82) is 0 Å². The summed E-state index contributed by atoms with van der Waals surface area (Å²) in [7, 11) is 0. The minimum atomic E-state index is -4.47. The molecule has 3 rings (SSSR count). The van der Waals surface area contributed by atoms with Crippen LogP contribution in [0.5, 0.6) is 5.88 Å². The zero-order chi connectivity index (χ0) is 24.2. The summed E-state index contributed by atoms with van der Waals surface area (Å²) in [4.78, 5) is 23.3. The number of aliphatic carboxylic acids is 1. The van der Waals surface area contributed by atoms with E-state index in [0.29, 0.717) is 16.7 Å². The van der Waals surface area contributed by atoms with Crippen molar-refractivity contribution in [3.8, 4) is 17.0 Å². The standard InChI is InChI=1S/C21H18F3N3O6/c22-21(23,24)15-3-1-2-14(8-15)13-6-4-12(5-7-13)10-27(11-16(28)20(31)32)25-19(30)17-9-18(29)26-33-17/h1-9,16,28H,10-11H2,(H,25,30)(H,26,29)(H,31,32). The topological polar surface area (TPSA) is 136 Å². The maximum atomic E-state index is 13.0. The molecule has 0 fully saturated rings. The summed E-state index contributed by atoms with van der Waals surface area (Å²) in [5.74, 6) is -3.22. The summed E-state index contributed by atoms with van der Waals surface area (Å²) in [6.45, 7) is -0.546. The van der Waals surface area contributed by atoms with Crippen molar-refractivity contribution in [1.82, 2.24) is 15.6 Å². The van der Waals surface area contributed by atoms with Crippen molar-refractivity contribution in [3.63, 3.8) is 0 Å². The lowest BCUT2D eigenvalue weighted by molar-refractivity contribution is -0.148. The second-order valence-electron chi connectivity index (χ2n) is 7.00. The molecule has 0 aliphatic heterocycles. The number of aliphatic hydroxyl groups is 1. The van der Waals surface area contributed by atoms with E-state index >= 15 is 0 Å². The molecular weight excluding hydrogens is 447 g/mol. The molecule has 33 heavy (non-hydrogen) atoms. The molecule has 0 spiro atoms. The Morgan fingerprint density at radius 2 is 1.79 bits per heavy atom. The third kappa shape index (κ3) is 6.30. The first-order valence-corrected chi connectivity index (χ1v) is 9.42. The Morgan fingerprint density at radius 1 is 1.09 bits per heavy atom. The number of aromatic nitrogens is 1. The van der Waals surface area contributed by atoms with Gasteiger partial charge in [0.1, 0.15) is 0 Å². The number of aromatic hydroxyl groups is 1. The molecule has 9 nitrogen and oxygen atoms in total. The van der Waals surface area contributed by atoms with E-state index in [0.717, 1.165) is 23.2 Å². The van der Waals surface area contributed by atoms with Crippen molar-refractivity contribution in [2.45, 2.75) is 18.8 Å². The lowest BCUT2D eigenvalue weighted by atomic mass is 10.0. The molecule has 0 saturated heterocycles. The molecule has 3 aromatic rings. The fraction of sp³-hybridized carbons (Fsp3) is 0.190. The van der Waals surface area contributed by atoms with Gasteiger partial charge in [0.25, 0.3) is 5.88 Å². The first-order chi connectivity index (χ1) is 15.5. The van der Waals surface area contributed by atoms with Gasteiger partial charge in [0, 0.05) is 6.54 Å². The van der Waals surface area contributed by atoms with Crippen molar-refractivity contribution in [2.75, 3.05) is 6.54 Å². The molecular formula is C21H18F3N3O6. The highest BCUT2D eigenvalue weighted by Crippen LogP contribution is 2.32. The van der Waals surface area contributed by atoms with E-state index in [1.165, 1.54) is 12.1 Å². The summed E-state index contributed by atoms with van der Waals surface area (Å²) in [6, 6.07) is 12.1. The minimum absolute atomic E-state index is 0.0565. The third-order valence-corrected chi connectivity index (χ3v) is 4.51. The molecule has 1 aromatic heterocycles. The molecule has 0 aliphatic carbocycles. The Labute approximate surface area is 184 Å². The van der Waals surface area contributed by atoms with Crippen LogP contribution in [0.15, 0.2) is 59.1 Å². The smallest absolute Gasteiger partial charge is 0.416 e. The summed E-state index contributed by atoms with van der Waals surface area (Å²) in [5, 5.41) is 32.1. The van der Waals surface area contributed by atoms with Crippen LogP contribution in [0.1, 0.15) is 21.7 Å². The van der Waals surface area contributed by atoms with E-state index in [1.54, 1.807) is 24.3 Å². The van der Waals surface area contributed by atoms with Crippen LogP contribution < -0.4 is 5.43 Å². The van der Waals surface area contributed by atoms with Crippen LogP contribution in [0.4, 0.5) is 13.2 Å². The van der Waals surface area contributed by atoms with Crippen molar-refractivity contribution < 1.29 is 42.6 Å². The summed E-state index contributed by atoms with van der Waals surface area (Å²) >= 11 is 0. The molecule has 1 heterocycles. The highest BCUT2D eigenvalue weighted by atomic mass is 19.4. The minimum Gasteiger partial charge on any atom is -0.491 e. The first-order valence-electron chi connectivity index (χ1n) is 9.42. The van der Waals surface area contributed by atoms with Gasteiger partial charge in [0.2, 0.25) is 5.76 Å². The van der Waals surface area contributed by atoms with Crippen LogP contribution in [-0.4, -0.2) is 50.0 Å². The number of carboxylic acid groups (broad SMARTS) is 1. The number of rotatable bonds is 8. The van der Waals surface area contributed by atoms with E-state index in [-0.39, 0.29) is 12.3 Å². The lowest BCUT2D eigenvalue weighted by Crippen LogP contribution is -2.47. The van der Waals surface area contributed by atoms with Crippen LogP contribution in [0.25, 0.3) is 11.1 Å². The third-order valence-electron chi connectivity index (χ3n) is 4.51. The number of carbonyl (C=O) groups excluding carboxylic acids is 1. The van der Waals surface area contributed by atoms with Crippen LogP contribution in [-0.2, 0) is 17.5 Å². The lowest BCUT2D eigenvalue weighted by Gasteiger charge is -2.24. The maximum absolute atomic E-state index is 13.0. The fourth-order valence-corrected chi connectivity index (χ4v) is 2.91. The molecule has 4 N–H and O–H groups in total. The van der Waals surface area contributed by atoms with Crippen LogP contribution in [0.3, 0.4) is 0 Å². The van der Waals surface area contributed by atoms with Gasteiger partial charge in [-0.15, -0.1) is 0 Å². The molecule has 0 aliphatic rings. The maximum Gasteiger partial charge on any atom is 0.416 e. The SMILES string of the molecule is O=C(NN(Cc1ccc(-c2cccc(C(F)(F)F)c2)cc1)CC(O)C(=O)O)c1cc(O)no1. The van der Waals surface area contributed by atoms with E-state index in [4.69, 9.17) is 5.11 Å². The number of alkyl halides is 3. The number of amides is 1. The number of aliphatic hydroxyl groups excluding tert-OH is 1. The van der Waals surface area contributed by atoms with Gasteiger partial charge < -0.3 is 19.8 Å². The van der Waals surface area contributed by atoms with Crippen molar-refractivity contribution in [2.24, 2.45) is 0 Å². The van der Waals surface area contributed by atoms with E-state index in [1.807, 2.05) is 0 Å². The normalized spacial score (nSPS) is 12.5. The predicted octanol–water partition coefficient (Wildman–Crippen LogP) is 2.66. The zero-order valence-corrected chi connectivity index (χ0v) is 16.8. The molecule has 0 saturated carbocycles. The molecule has 1 amide bonds. The van der Waals surface area contributed by atoms with Crippen LogP contribution >= 0.6 is 0 Å². The Bertz CT molecular complexity index is 1130. The molecule has 1 atom stereocenters. The highest BCUT2D eigenvalue weighted by Gasteiger charge is 2.30. The zero-order valence-electron chi connectivity index (χ0n) is 16.8. The number of nitrogens with one attached hydrogen (secondary N) is 1. The Kier molecular flexibility index (Phi) is 6.99. The van der Waals surface area contributed by atoms with Gasteiger partial charge in [-0.25, -0.2) is 9.80 Å². The molecule has 0 radical (unpaired) electrons. The van der Waals surface area contributed by atoms with Gasteiger partial charge in [-0.2, -0.15) is 13.2 Å². The second-order valence-corrected chi connectivity index (χ2v) is 7.00. The number of benzene rings is 2. The average Bonchev–Trinajstić information content (AvgIpc) is 3.20. The fourth-order valence-electron chi connectivity index (χ4n) is 2.91. The number of nitrogens with zero attached hydrogens (tertiary/aromatic N) is 2. The number of carbonyl (C=O) groups is 2. The number of hydrogen-bond donors (Lipinski definition) is 4. The largest absolute Gasteiger partial charge is 0.491 e. The average molecular weight is 465 g/mol. The van der Waals surface area contributed by atoms with Gasteiger partial charge >= 0.3 is 18.1 Å². The van der Waals surface area contributed by atoms with Gasteiger partial charge in [-0.1, -0.05) is 36.4 Å². The molecule has 1 unspecified atom stereocenters. The monoisotopic (exact) mass is 465 g/mol. The van der Waals surface area contributed by atoms with Crippen molar-refractivity contribution >= 4 is 11.9 Å². The number of carboxylic acids is 1. The molecule has 0 bridgehead atoms. The van der Waals surface area contributed by atoms with Gasteiger partial charge in [0.15, 0.2) is 6.10 Å². The van der Waals surface area contributed by atoms with Crippen LogP contribution in [0, 0.1) is 0 Å². The summed E-state index contributed by atoms with van der Waals surface area (Å²) in [6.07, 6.45) is -6.29. The first kappa shape index (κ1) is 23.8. The number of halogens is 3. The molecule has 174 valence electrons. The second kappa shape index (κ2) is 9.71. The quantitative estimate of drug-likeness (QED) is 0.373. The Balaban J connectivity index is 1.76. The predicted molar refractivity (Wildman–Crippen MR) is 107 cm³/mol. The van der Waals surface area contributed by atoms with Gasteiger partial charge in [0.05, 0.1) is 18.2 Å². The number of hydrazine groups is 1. The van der Waals surface area contributed by atoms with E-state index < -0.39 is 42.1 Å². The van der Waals surface area contributed by atoms with Crippen LogP contribution in [0.2, 0.25) is 0 Å². The molecule has 12 heteroatoms.